The van der Waals surface area contributed by atoms with Gasteiger partial charge in [0.25, 0.3) is 0 Å². The Hall–Kier alpha value is -3.14. The van der Waals surface area contributed by atoms with Crippen molar-refractivity contribution in [3.05, 3.63) is 75.1 Å². The number of ether oxygens (including phenoxy) is 2. The van der Waals surface area contributed by atoms with E-state index in [0.717, 1.165) is 17.7 Å². The maximum Gasteiger partial charge on any atom is 0.244 e. The molecule has 0 aliphatic carbocycles. The number of hydrogen-bond acceptors (Lipinski definition) is 5. The second kappa shape index (κ2) is 8.31. The van der Waals surface area contributed by atoms with Crippen molar-refractivity contribution in [3.8, 4) is 29.0 Å². The molecule has 2 heterocycles. The zero-order valence-corrected chi connectivity index (χ0v) is 17.6. The molecule has 1 atom stereocenters. The van der Waals surface area contributed by atoms with Crippen molar-refractivity contribution in [2.45, 2.75) is 19.3 Å². The number of aromatic amines is 1. The van der Waals surface area contributed by atoms with E-state index in [4.69, 9.17) is 38.4 Å². The monoisotopic (exact) mass is 440 g/mol. The van der Waals surface area contributed by atoms with Crippen LogP contribution in [-0.2, 0) is 0 Å². The van der Waals surface area contributed by atoms with Gasteiger partial charge in [0.05, 0.1) is 33.8 Å². The molecule has 0 bridgehead atoms. The number of rotatable bonds is 5. The van der Waals surface area contributed by atoms with Gasteiger partial charge in [0.1, 0.15) is 17.4 Å². The summed E-state index contributed by atoms with van der Waals surface area (Å²) in [6.07, 6.45) is 0.930. The number of fused-ring (bicyclic) bond motifs is 1. The van der Waals surface area contributed by atoms with Gasteiger partial charge in [-0.25, -0.2) is 0 Å². The van der Waals surface area contributed by atoms with Crippen LogP contribution < -0.4 is 15.2 Å². The van der Waals surface area contributed by atoms with Crippen LogP contribution in [0, 0.1) is 11.3 Å². The van der Waals surface area contributed by atoms with Crippen LogP contribution in [0.3, 0.4) is 0 Å². The summed E-state index contributed by atoms with van der Waals surface area (Å²) in [6, 6.07) is 15.1. The molecule has 6 nitrogen and oxygen atoms in total. The first kappa shape index (κ1) is 20.1. The quantitative estimate of drug-likeness (QED) is 0.553. The van der Waals surface area contributed by atoms with Crippen molar-refractivity contribution >= 4 is 23.2 Å². The van der Waals surface area contributed by atoms with Gasteiger partial charge < -0.3 is 15.2 Å². The molecule has 0 amide bonds. The van der Waals surface area contributed by atoms with E-state index < -0.39 is 5.92 Å². The van der Waals surface area contributed by atoms with Crippen molar-refractivity contribution in [3.63, 3.8) is 0 Å². The number of benzene rings is 2. The highest BCUT2D eigenvalue weighted by molar-refractivity contribution is 6.42. The largest absolute Gasteiger partial charge is 0.494 e. The average molecular weight is 441 g/mol. The number of nitrogens with one attached hydrogen (secondary N) is 1. The molecule has 0 spiro atoms. The van der Waals surface area contributed by atoms with Gasteiger partial charge in [0.2, 0.25) is 11.8 Å². The molecule has 0 saturated heterocycles. The van der Waals surface area contributed by atoms with Crippen LogP contribution in [0.25, 0.3) is 11.3 Å². The highest BCUT2D eigenvalue weighted by Gasteiger charge is 2.36. The van der Waals surface area contributed by atoms with Crippen LogP contribution in [0.5, 0.6) is 11.6 Å². The standard InChI is InChI=1S/C22H18Cl2N4O2/c1-2-10-29-13-8-6-12(7-9-13)20-18-17(14-4-3-5-16(23)19(14)24)15(11-25)21(26)30-22(18)28-27-20/h3-9,17H,2,10,26H2,1H3,(H,27,28)/t17-/m0/s1. The summed E-state index contributed by atoms with van der Waals surface area (Å²) >= 11 is 12.8. The van der Waals surface area contributed by atoms with E-state index in [2.05, 4.69) is 23.2 Å². The topological polar surface area (TPSA) is 97.0 Å². The van der Waals surface area contributed by atoms with Crippen LogP contribution >= 0.6 is 23.2 Å². The molecule has 0 unspecified atom stereocenters. The number of nitrogens with zero attached hydrogens (tertiary/aromatic N) is 2. The Bertz CT molecular complexity index is 1160. The molecule has 152 valence electrons. The second-order valence-corrected chi connectivity index (χ2v) is 7.54. The third-order valence-electron chi connectivity index (χ3n) is 4.85. The third-order valence-corrected chi connectivity index (χ3v) is 5.68. The predicted molar refractivity (Wildman–Crippen MR) is 116 cm³/mol. The number of H-pyrrole nitrogens is 1. The second-order valence-electron chi connectivity index (χ2n) is 6.76. The zero-order valence-electron chi connectivity index (χ0n) is 16.1. The predicted octanol–water partition coefficient (Wildman–Crippen LogP) is 5.39. The number of nitrogens with two attached hydrogens (primary N) is 1. The van der Waals surface area contributed by atoms with E-state index in [1.165, 1.54) is 0 Å². The number of halogens is 2. The highest BCUT2D eigenvalue weighted by atomic mass is 35.5. The summed E-state index contributed by atoms with van der Waals surface area (Å²) < 4.78 is 11.3. The molecule has 0 saturated carbocycles. The Morgan fingerprint density at radius 1 is 1.23 bits per heavy atom. The Morgan fingerprint density at radius 3 is 2.70 bits per heavy atom. The minimum atomic E-state index is -0.574. The molecule has 4 rings (SSSR count). The van der Waals surface area contributed by atoms with Gasteiger partial charge in [-0.15, -0.1) is 5.10 Å². The third kappa shape index (κ3) is 3.47. The van der Waals surface area contributed by atoms with Crippen LogP contribution in [0.15, 0.2) is 53.9 Å². The molecule has 3 aromatic rings. The fourth-order valence-electron chi connectivity index (χ4n) is 3.46. The van der Waals surface area contributed by atoms with Crippen LogP contribution in [0.1, 0.15) is 30.4 Å². The first-order valence-electron chi connectivity index (χ1n) is 9.38. The first-order valence-corrected chi connectivity index (χ1v) is 10.1. The number of nitriles is 1. The van der Waals surface area contributed by atoms with Crippen LogP contribution in [-0.4, -0.2) is 16.8 Å². The van der Waals surface area contributed by atoms with Crippen LogP contribution in [0.4, 0.5) is 0 Å². The summed E-state index contributed by atoms with van der Waals surface area (Å²) in [4.78, 5) is 0. The minimum absolute atomic E-state index is 0.00703. The summed E-state index contributed by atoms with van der Waals surface area (Å²) in [5.41, 5.74) is 9.16. The molecule has 8 heteroatoms. The molecule has 2 aromatic carbocycles. The van der Waals surface area contributed by atoms with Gasteiger partial charge in [0.15, 0.2) is 0 Å². The maximum absolute atomic E-state index is 9.81. The van der Waals surface area contributed by atoms with Gasteiger partial charge in [-0.3, -0.25) is 5.10 Å². The number of aromatic nitrogens is 2. The summed E-state index contributed by atoms with van der Waals surface area (Å²) in [5, 5.41) is 17.8. The van der Waals surface area contributed by atoms with Gasteiger partial charge in [0, 0.05) is 5.56 Å². The smallest absolute Gasteiger partial charge is 0.244 e. The van der Waals surface area contributed by atoms with Gasteiger partial charge in [-0.05, 0) is 42.3 Å². The van der Waals surface area contributed by atoms with Gasteiger partial charge >= 0.3 is 0 Å². The number of allylic oxidation sites excluding steroid dienone is 1. The van der Waals surface area contributed by atoms with E-state index in [1.54, 1.807) is 12.1 Å². The average Bonchev–Trinajstić information content (AvgIpc) is 3.17. The molecule has 30 heavy (non-hydrogen) atoms. The fraction of sp³-hybridized carbons (Fsp3) is 0.182. The van der Waals surface area contributed by atoms with Gasteiger partial charge in [-0.1, -0.05) is 42.3 Å². The SMILES string of the molecule is CCCOc1ccc(-c2[nH]nc3c2[C@@H](c2cccc(Cl)c2Cl)C(C#N)=C(N)O3)cc1. The molecular formula is C22H18Cl2N4O2. The molecule has 3 N–H and O–H groups in total. The lowest BCUT2D eigenvalue weighted by Gasteiger charge is -2.25. The summed E-state index contributed by atoms with van der Waals surface area (Å²) in [5.74, 6) is 0.498. The van der Waals surface area contributed by atoms with Crippen molar-refractivity contribution in [1.82, 2.24) is 10.2 Å². The zero-order chi connectivity index (χ0) is 21.3. The molecular weight excluding hydrogens is 423 g/mol. The van der Waals surface area contributed by atoms with Crippen molar-refractivity contribution in [1.29, 1.82) is 5.26 Å². The lowest BCUT2D eigenvalue weighted by Crippen LogP contribution is -2.21. The molecule has 0 fully saturated rings. The van der Waals surface area contributed by atoms with E-state index in [9.17, 15) is 5.26 Å². The van der Waals surface area contributed by atoms with Crippen molar-refractivity contribution in [2.24, 2.45) is 5.73 Å². The Kier molecular flexibility index (Phi) is 5.58. The maximum atomic E-state index is 9.81. The molecule has 1 aromatic heterocycles. The van der Waals surface area contributed by atoms with Crippen molar-refractivity contribution < 1.29 is 9.47 Å². The fourth-order valence-corrected chi connectivity index (χ4v) is 3.87. The number of hydrogen-bond donors (Lipinski definition) is 2. The molecule has 1 aliphatic rings. The van der Waals surface area contributed by atoms with Crippen molar-refractivity contribution in [2.75, 3.05) is 6.61 Å². The lowest BCUT2D eigenvalue weighted by molar-refractivity contribution is 0.317. The first-order chi connectivity index (χ1) is 14.5. The highest BCUT2D eigenvalue weighted by Crippen LogP contribution is 2.48. The Labute approximate surface area is 183 Å². The Morgan fingerprint density at radius 2 is 2.00 bits per heavy atom. The normalized spacial score (nSPS) is 15.3. The minimum Gasteiger partial charge on any atom is -0.494 e. The molecule has 0 radical (unpaired) electrons. The van der Waals surface area contributed by atoms with E-state index in [0.29, 0.717) is 39.4 Å². The lowest BCUT2D eigenvalue weighted by atomic mass is 9.83. The van der Waals surface area contributed by atoms with Crippen LogP contribution in [0.2, 0.25) is 10.0 Å². The van der Waals surface area contributed by atoms with E-state index in [-0.39, 0.29) is 11.5 Å². The van der Waals surface area contributed by atoms with E-state index >= 15 is 0 Å². The Balaban J connectivity index is 1.85. The van der Waals surface area contributed by atoms with E-state index in [1.807, 2.05) is 30.3 Å². The summed E-state index contributed by atoms with van der Waals surface area (Å²) in [7, 11) is 0. The molecule has 1 aliphatic heterocycles. The summed E-state index contributed by atoms with van der Waals surface area (Å²) in [6.45, 7) is 2.70. The van der Waals surface area contributed by atoms with Gasteiger partial charge in [-0.2, -0.15) is 5.26 Å².